The average molecular weight is 371 g/mol. The molecule has 4 nitrogen and oxygen atoms in total. The number of carbonyl (C=O) groups excluding carboxylic acids is 1. The number of hydrogen-bond acceptors (Lipinski definition) is 2. The average Bonchev–Trinajstić information content (AvgIpc) is 3.17. The summed E-state index contributed by atoms with van der Waals surface area (Å²) in [5.41, 5.74) is 3.65. The van der Waals surface area contributed by atoms with Gasteiger partial charge in [-0.3, -0.25) is 9.48 Å². The maximum Gasteiger partial charge on any atom is 0.256 e. The second kappa shape index (κ2) is 7.88. The SMILES string of the molecule is O=C(Nc1ccn(Cc2ccc(F)cc2)n1)c1ccc(-c2ccccc2)cc1. The standard InChI is InChI=1S/C23H18FN3O/c24-21-12-6-17(7-13-21)16-27-15-14-22(26-27)25-23(28)20-10-8-19(9-11-20)18-4-2-1-3-5-18/h1-15H,16H2,(H,25,26,28). The van der Waals surface area contributed by atoms with Crippen LogP contribution in [-0.4, -0.2) is 15.7 Å². The van der Waals surface area contributed by atoms with Gasteiger partial charge in [0, 0.05) is 17.8 Å². The van der Waals surface area contributed by atoms with Crippen LogP contribution in [-0.2, 0) is 6.54 Å². The minimum Gasteiger partial charge on any atom is -0.305 e. The summed E-state index contributed by atoms with van der Waals surface area (Å²) in [5.74, 6) is -0.0126. The number of anilines is 1. The first-order valence-corrected chi connectivity index (χ1v) is 8.92. The van der Waals surface area contributed by atoms with E-state index in [9.17, 15) is 9.18 Å². The fraction of sp³-hybridized carbons (Fsp3) is 0.0435. The number of nitrogens with one attached hydrogen (secondary N) is 1. The van der Waals surface area contributed by atoms with Gasteiger partial charge in [0.25, 0.3) is 5.91 Å². The zero-order valence-corrected chi connectivity index (χ0v) is 15.0. The van der Waals surface area contributed by atoms with E-state index in [2.05, 4.69) is 10.4 Å². The summed E-state index contributed by atoms with van der Waals surface area (Å²) >= 11 is 0. The van der Waals surface area contributed by atoms with Crippen molar-refractivity contribution in [2.75, 3.05) is 5.32 Å². The minimum absolute atomic E-state index is 0.216. The van der Waals surface area contributed by atoms with E-state index in [1.807, 2.05) is 42.5 Å². The van der Waals surface area contributed by atoms with E-state index < -0.39 is 0 Å². The van der Waals surface area contributed by atoms with Crippen LogP contribution < -0.4 is 5.32 Å². The van der Waals surface area contributed by atoms with Crippen LogP contribution in [0.3, 0.4) is 0 Å². The van der Waals surface area contributed by atoms with Gasteiger partial charge in [-0.05, 0) is 41.0 Å². The van der Waals surface area contributed by atoms with E-state index >= 15 is 0 Å². The molecule has 0 aliphatic rings. The van der Waals surface area contributed by atoms with Crippen LogP contribution in [0.1, 0.15) is 15.9 Å². The molecule has 138 valence electrons. The number of hydrogen-bond donors (Lipinski definition) is 1. The first kappa shape index (κ1) is 17.7. The summed E-state index contributed by atoms with van der Waals surface area (Å²) in [6.45, 7) is 0.502. The lowest BCUT2D eigenvalue weighted by molar-refractivity contribution is 0.102. The molecule has 0 saturated carbocycles. The van der Waals surface area contributed by atoms with Crippen molar-refractivity contribution in [2.45, 2.75) is 6.54 Å². The highest BCUT2D eigenvalue weighted by atomic mass is 19.1. The predicted molar refractivity (Wildman–Crippen MR) is 108 cm³/mol. The number of nitrogens with zero attached hydrogens (tertiary/aromatic N) is 2. The molecule has 3 aromatic carbocycles. The van der Waals surface area contributed by atoms with Crippen molar-refractivity contribution in [1.29, 1.82) is 0 Å². The third-order valence-corrected chi connectivity index (χ3v) is 4.39. The Morgan fingerprint density at radius 1 is 0.857 bits per heavy atom. The Balaban J connectivity index is 1.41. The van der Waals surface area contributed by atoms with E-state index in [1.54, 1.807) is 41.2 Å². The van der Waals surface area contributed by atoms with Crippen molar-refractivity contribution in [1.82, 2.24) is 9.78 Å². The van der Waals surface area contributed by atoms with E-state index in [1.165, 1.54) is 12.1 Å². The van der Waals surface area contributed by atoms with Gasteiger partial charge in [0.15, 0.2) is 5.82 Å². The Labute approximate surface area is 162 Å². The third-order valence-electron chi connectivity index (χ3n) is 4.39. The van der Waals surface area contributed by atoms with E-state index in [-0.39, 0.29) is 11.7 Å². The van der Waals surface area contributed by atoms with Gasteiger partial charge in [0.05, 0.1) is 6.54 Å². The van der Waals surface area contributed by atoms with E-state index in [0.717, 1.165) is 16.7 Å². The van der Waals surface area contributed by atoms with Crippen LogP contribution in [0, 0.1) is 5.82 Å². The molecule has 0 bridgehead atoms. The lowest BCUT2D eigenvalue weighted by Crippen LogP contribution is -2.12. The Morgan fingerprint density at radius 2 is 1.54 bits per heavy atom. The van der Waals surface area contributed by atoms with Gasteiger partial charge in [-0.2, -0.15) is 5.10 Å². The third kappa shape index (κ3) is 4.15. The van der Waals surface area contributed by atoms with Gasteiger partial charge >= 0.3 is 0 Å². The molecule has 4 rings (SSSR count). The fourth-order valence-corrected chi connectivity index (χ4v) is 2.93. The van der Waals surface area contributed by atoms with Crippen molar-refractivity contribution in [2.24, 2.45) is 0 Å². The molecule has 0 unspecified atom stereocenters. The highest BCUT2D eigenvalue weighted by Crippen LogP contribution is 2.19. The lowest BCUT2D eigenvalue weighted by Gasteiger charge is -2.05. The van der Waals surface area contributed by atoms with Crippen LogP contribution in [0.2, 0.25) is 0 Å². The van der Waals surface area contributed by atoms with Crippen molar-refractivity contribution < 1.29 is 9.18 Å². The van der Waals surface area contributed by atoms with Crippen molar-refractivity contribution in [3.8, 4) is 11.1 Å². The molecule has 0 aliphatic carbocycles. The fourth-order valence-electron chi connectivity index (χ4n) is 2.93. The molecular weight excluding hydrogens is 353 g/mol. The molecule has 4 aromatic rings. The maximum absolute atomic E-state index is 13.0. The zero-order chi connectivity index (χ0) is 19.3. The molecule has 0 atom stereocenters. The van der Waals surface area contributed by atoms with Crippen LogP contribution in [0.25, 0.3) is 11.1 Å². The van der Waals surface area contributed by atoms with Gasteiger partial charge in [-0.15, -0.1) is 0 Å². The molecule has 0 aliphatic heterocycles. The van der Waals surface area contributed by atoms with Crippen LogP contribution in [0.4, 0.5) is 10.2 Å². The van der Waals surface area contributed by atoms with Gasteiger partial charge in [-0.25, -0.2) is 4.39 Å². The molecule has 1 amide bonds. The second-order valence-electron chi connectivity index (χ2n) is 6.42. The molecule has 0 radical (unpaired) electrons. The Hall–Kier alpha value is -3.73. The zero-order valence-electron chi connectivity index (χ0n) is 15.0. The molecular formula is C23H18FN3O. The smallest absolute Gasteiger partial charge is 0.256 e. The number of amides is 1. The summed E-state index contributed by atoms with van der Waals surface area (Å²) in [5, 5.41) is 7.15. The number of halogens is 1. The molecule has 0 saturated heterocycles. The highest BCUT2D eigenvalue weighted by molar-refractivity contribution is 6.03. The molecule has 0 spiro atoms. The summed E-state index contributed by atoms with van der Waals surface area (Å²) in [6.07, 6.45) is 1.78. The molecule has 1 heterocycles. The number of carbonyl (C=O) groups is 1. The number of rotatable bonds is 5. The molecule has 0 fully saturated rings. The Morgan fingerprint density at radius 3 is 2.25 bits per heavy atom. The molecule has 1 aromatic heterocycles. The van der Waals surface area contributed by atoms with Gasteiger partial charge in [0.2, 0.25) is 0 Å². The normalized spacial score (nSPS) is 10.6. The number of aromatic nitrogens is 2. The Kier molecular flexibility index (Phi) is 4.97. The van der Waals surface area contributed by atoms with Gasteiger partial charge in [-0.1, -0.05) is 54.6 Å². The molecule has 28 heavy (non-hydrogen) atoms. The monoisotopic (exact) mass is 371 g/mol. The second-order valence-corrected chi connectivity index (χ2v) is 6.42. The maximum atomic E-state index is 13.0. The summed E-state index contributed by atoms with van der Waals surface area (Å²) in [4.78, 5) is 12.5. The lowest BCUT2D eigenvalue weighted by atomic mass is 10.0. The van der Waals surface area contributed by atoms with Crippen molar-refractivity contribution >= 4 is 11.7 Å². The van der Waals surface area contributed by atoms with E-state index in [0.29, 0.717) is 17.9 Å². The van der Waals surface area contributed by atoms with Crippen molar-refractivity contribution in [3.63, 3.8) is 0 Å². The largest absolute Gasteiger partial charge is 0.305 e. The Bertz CT molecular complexity index is 1070. The van der Waals surface area contributed by atoms with Crippen LogP contribution in [0.15, 0.2) is 91.1 Å². The van der Waals surface area contributed by atoms with E-state index in [4.69, 9.17) is 0 Å². The summed E-state index contributed by atoms with van der Waals surface area (Å²) in [7, 11) is 0. The first-order valence-electron chi connectivity index (χ1n) is 8.92. The summed E-state index contributed by atoms with van der Waals surface area (Å²) < 4.78 is 14.7. The van der Waals surface area contributed by atoms with Crippen LogP contribution >= 0.6 is 0 Å². The molecule has 1 N–H and O–H groups in total. The highest BCUT2D eigenvalue weighted by Gasteiger charge is 2.09. The minimum atomic E-state index is -0.268. The quantitative estimate of drug-likeness (QED) is 0.537. The van der Waals surface area contributed by atoms with Crippen molar-refractivity contribution in [3.05, 3.63) is 108 Å². The summed E-state index contributed by atoms with van der Waals surface area (Å²) in [6, 6.07) is 25.5. The van der Waals surface area contributed by atoms with Gasteiger partial charge < -0.3 is 5.32 Å². The van der Waals surface area contributed by atoms with Gasteiger partial charge in [0.1, 0.15) is 5.82 Å². The predicted octanol–water partition coefficient (Wildman–Crippen LogP) is 4.99. The number of benzene rings is 3. The molecule has 5 heteroatoms. The first-order chi connectivity index (χ1) is 13.7. The topological polar surface area (TPSA) is 46.9 Å². The van der Waals surface area contributed by atoms with Crippen LogP contribution in [0.5, 0.6) is 0 Å².